The fraction of sp³-hybridized carbons (Fsp3) is 1.00. The largest absolute Gasteiger partial charge is 0.396 e. The van der Waals surface area contributed by atoms with Gasteiger partial charge in [0.25, 0.3) is 0 Å². The molecule has 0 radical (unpaired) electrons. The first-order valence-electron chi connectivity index (χ1n) is 5.70. The van der Waals surface area contributed by atoms with E-state index in [1.165, 1.54) is 0 Å². The molecule has 0 bridgehead atoms. The van der Waals surface area contributed by atoms with Gasteiger partial charge < -0.3 is 15.3 Å². The summed E-state index contributed by atoms with van der Waals surface area (Å²) in [5, 5.41) is 28.2. The molecule has 1 heterocycles. The van der Waals surface area contributed by atoms with Crippen LogP contribution in [0, 0.1) is 5.41 Å². The second-order valence-electron chi connectivity index (χ2n) is 5.05. The second-order valence-corrected chi connectivity index (χ2v) is 5.05. The Balaban J connectivity index is 2.46. The maximum Gasteiger partial charge on any atom is 0.0938 e. The van der Waals surface area contributed by atoms with Gasteiger partial charge in [-0.2, -0.15) is 0 Å². The predicted molar refractivity (Wildman–Crippen MR) is 58.6 cm³/mol. The summed E-state index contributed by atoms with van der Waals surface area (Å²) < 4.78 is 0. The number of nitrogens with zero attached hydrogens (tertiary/aromatic N) is 1. The molecule has 1 rings (SSSR count). The maximum atomic E-state index is 9.41. The number of aliphatic hydroxyl groups excluding tert-OH is 3. The Hall–Kier alpha value is -0.160. The molecule has 0 aliphatic carbocycles. The highest BCUT2D eigenvalue weighted by atomic mass is 16.3. The molecule has 1 aliphatic rings. The molecule has 3 atom stereocenters. The predicted octanol–water partition coefficient (Wildman–Crippen LogP) is -0.178. The summed E-state index contributed by atoms with van der Waals surface area (Å²) in [4.78, 5) is 2.03. The van der Waals surface area contributed by atoms with Crippen LogP contribution in [0.1, 0.15) is 26.7 Å². The van der Waals surface area contributed by atoms with Gasteiger partial charge in [-0.3, -0.25) is 4.90 Å². The van der Waals surface area contributed by atoms with E-state index in [0.29, 0.717) is 13.1 Å². The third-order valence-electron chi connectivity index (χ3n) is 3.18. The highest BCUT2D eigenvalue weighted by Gasteiger charge is 2.34. The molecule has 0 aromatic carbocycles. The molecule has 0 aromatic rings. The Labute approximate surface area is 91.5 Å². The summed E-state index contributed by atoms with van der Waals surface area (Å²) >= 11 is 0. The van der Waals surface area contributed by atoms with E-state index >= 15 is 0 Å². The topological polar surface area (TPSA) is 63.9 Å². The fourth-order valence-electron chi connectivity index (χ4n) is 2.33. The molecule has 3 unspecified atom stereocenters. The number of hydrogen-bond donors (Lipinski definition) is 3. The van der Waals surface area contributed by atoms with Gasteiger partial charge in [0.1, 0.15) is 0 Å². The van der Waals surface area contributed by atoms with Gasteiger partial charge in [0.15, 0.2) is 0 Å². The third-order valence-corrected chi connectivity index (χ3v) is 3.18. The lowest BCUT2D eigenvalue weighted by Gasteiger charge is -2.31. The van der Waals surface area contributed by atoms with E-state index in [2.05, 4.69) is 6.92 Å². The van der Waals surface area contributed by atoms with E-state index in [0.717, 1.165) is 19.4 Å². The normalized spacial score (nSPS) is 31.8. The van der Waals surface area contributed by atoms with E-state index in [4.69, 9.17) is 0 Å². The quantitative estimate of drug-likeness (QED) is 0.598. The summed E-state index contributed by atoms with van der Waals surface area (Å²) in [5.41, 5.74) is -0.113. The maximum absolute atomic E-state index is 9.41. The van der Waals surface area contributed by atoms with Crippen molar-refractivity contribution in [2.45, 2.75) is 38.9 Å². The standard InChI is InChI=1S/C11H23NO3/c1-3-4-11(2,8-13)7-12-5-9(14)10(15)6-12/h9-10,13-15H,3-8H2,1-2H3. The summed E-state index contributed by atoms with van der Waals surface area (Å²) in [7, 11) is 0. The monoisotopic (exact) mass is 217 g/mol. The fourth-order valence-corrected chi connectivity index (χ4v) is 2.33. The van der Waals surface area contributed by atoms with Gasteiger partial charge in [-0.25, -0.2) is 0 Å². The molecular weight excluding hydrogens is 194 g/mol. The average Bonchev–Trinajstić information content (AvgIpc) is 2.46. The molecule has 0 saturated carbocycles. The molecule has 90 valence electrons. The van der Waals surface area contributed by atoms with Gasteiger partial charge >= 0.3 is 0 Å². The summed E-state index contributed by atoms with van der Waals surface area (Å²) in [6.07, 6.45) is 0.742. The van der Waals surface area contributed by atoms with Gasteiger partial charge in [0, 0.05) is 31.7 Å². The van der Waals surface area contributed by atoms with Crippen LogP contribution in [-0.2, 0) is 0 Å². The van der Waals surface area contributed by atoms with Gasteiger partial charge in [0.05, 0.1) is 12.2 Å². The van der Waals surface area contributed by atoms with Crippen molar-refractivity contribution in [1.29, 1.82) is 0 Å². The SMILES string of the molecule is CCCC(C)(CO)CN1CC(O)C(O)C1. The molecule has 1 fully saturated rings. The van der Waals surface area contributed by atoms with Crippen molar-refractivity contribution in [3.8, 4) is 0 Å². The minimum absolute atomic E-state index is 0.113. The second kappa shape index (κ2) is 5.25. The van der Waals surface area contributed by atoms with Crippen LogP contribution in [0.3, 0.4) is 0 Å². The molecule has 0 amide bonds. The van der Waals surface area contributed by atoms with Crippen molar-refractivity contribution in [3.05, 3.63) is 0 Å². The zero-order chi connectivity index (χ0) is 11.5. The van der Waals surface area contributed by atoms with Crippen LogP contribution >= 0.6 is 0 Å². The van der Waals surface area contributed by atoms with Crippen LogP contribution in [-0.4, -0.2) is 58.7 Å². The minimum Gasteiger partial charge on any atom is -0.396 e. The summed E-state index contributed by atoms with van der Waals surface area (Å²) in [5.74, 6) is 0. The van der Waals surface area contributed by atoms with Crippen LogP contribution in [0.2, 0.25) is 0 Å². The van der Waals surface area contributed by atoms with Crippen LogP contribution in [0.4, 0.5) is 0 Å². The number of hydrogen-bond acceptors (Lipinski definition) is 4. The van der Waals surface area contributed by atoms with Crippen LogP contribution < -0.4 is 0 Å². The zero-order valence-electron chi connectivity index (χ0n) is 9.69. The first-order valence-corrected chi connectivity index (χ1v) is 5.70. The van der Waals surface area contributed by atoms with Gasteiger partial charge in [0.2, 0.25) is 0 Å². The molecule has 15 heavy (non-hydrogen) atoms. The van der Waals surface area contributed by atoms with E-state index in [9.17, 15) is 15.3 Å². The molecule has 0 aromatic heterocycles. The van der Waals surface area contributed by atoms with Crippen LogP contribution in [0.25, 0.3) is 0 Å². The van der Waals surface area contributed by atoms with Crippen LogP contribution in [0.15, 0.2) is 0 Å². The van der Waals surface area contributed by atoms with Crippen molar-refractivity contribution in [2.75, 3.05) is 26.2 Å². The lowest BCUT2D eigenvalue weighted by molar-refractivity contribution is 0.0572. The summed E-state index contributed by atoms with van der Waals surface area (Å²) in [6, 6.07) is 0. The molecular formula is C11H23NO3. The number of likely N-dealkylation sites (tertiary alicyclic amines) is 1. The van der Waals surface area contributed by atoms with E-state index < -0.39 is 12.2 Å². The average molecular weight is 217 g/mol. The Morgan fingerprint density at radius 1 is 1.27 bits per heavy atom. The molecule has 3 N–H and O–H groups in total. The highest BCUT2D eigenvalue weighted by Crippen LogP contribution is 2.25. The van der Waals surface area contributed by atoms with Crippen molar-refractivity contribution < 1.29 is 15.3 Å². The van der Waals surface area contributed by atoms with E-state index in [-0.39, 0.29) is 12.0 Å². The molecule has 4 nitrogen and oxygen atoms in total. The van der Waals surface area contributed by atoms with Crippen molar-refractivity contribution in [2.24, 2.45) is 5.41 Å². The van der Waals surface area contributed by atoms with Gasteiger partial charge in [-0.15, -0.1) is 0 Å². The highest BCUT2D eigenvalue weighted by molar-refractivity contribution is 4.87. The van der Waals surface area contributed by atoms with Gasteiger partial charge in [-0.05, 0) is 6.42 Å². The van der Waals surface area contributed by atoms with Crippen LogP contribution in [0.5, 0.6) is 0 Å². The number of aliphatic hydroxyl groups is 3. The smallest absolute Gasteiger partial charge is 0.0938 e. The third kappa shape index (κ3) is 3.41. The number of rotatable bonds is 5. The molecule has 1 aliphatic heterocycles. The lowest BCUT2D eigenvalue weighted by Crippen LogP contribution is -2.37. The Bertz CT molecular complexity index is 190. The van der Waals surface area contributed by atoms with Crippen molar-refractivity contribution in [3.63, 3.8) is 0 Å². The Kier molecular flexibility index (Phi) is 4.52. The molecule has 0 spiro atoms. The van der Waals surface area contributed by atoms with E-state index in [1.54, 1.807) is 0 Å². The number of β-amino-alcohol motifs (C(OH)–C–C–N with tert-alkyl or cyclic N) is 2. The Morgan fingerprint density at radius 3 is 2.20 bits per heavy atom. The van der Waals surface area contributed by atoms with E-state index in [1.807, 2.05) is 11.8 Å². The van der Waals surface area contributed by atoms with Crippen molar-refractivity contribution in [1.82, 2.24) is 4.90 Å². The minimum atomic E-state index is -0.630. The zero-order valence-corrected chi connectivity index (χ0v) is 9.69. The first kappa shape index (κ1) is 12.9. The lowest BCUT2D eigenvalue weighted by atomic mass is 9.86. The van der Waals surface area contributed by atoms with Crippen molar-refractivity contribution >= 4 is 0 Å². The Morgan fingerprint density at radius 2 is 1.80 bits per heavy atom. The first-order chi connectivity index (χ1) is 7.00. The van der Waals surface area contributed by atoms with Gasteiger partial charge in [-0.1, -0.05) is 20.3 Å². The summed E-state index contributed by atoms with van der Waals surface area (Å²) in [6.45, 7) is 6.07. The molecule has 1 saturated heterocycles. The molecule has 4 heteroatoms.